The Kier molecular flexibility index (Phi) is 3.45. The number of anilines is 2. The topological polar surface area (TPSA) is 63.7 Å². The maximum Gasteiger partial charge on any atom is 0.134 e. The van der Waals surface area contributed by atoms with Crippen LogP contribution >= 0.6 is 0 Å². The molecule has 0 aliphatic heterocycles. The smallest absolute Gasteiger partial charge is 0.134 e. The van der Waals surface area contributed by atoms with Crippen LogP contribution in [-0.2, 0) is 0 Å². The second-order valence-corrected chi connectivity index (χ2v) is 4.16. The summed E-state index contributed by atoms with van der Waals surface area (Å²) < 4.78 is 0. The Balaban J connectivity index is 2.51. The number of aryl methyl sites for hydroxylation is 1. The van der Waals surface area contributed by atoms with E-state index in [1.54, 1.807) is 18.2 Å². The van der Waals surface area contributed by atoms with Crippen molar-refractivity contribution in [3.05, 3.63) is 53.2 Å². The number of aromatic nitrogens is 1. The lowest BCUT2D eigenvalue weighted by Crippen LogP contribution is -2.13. The Morgan fingerprint density at radius 2 is 1.84 bits per heavy atom. The molecule has 0 atom stereocenters. The number of nitrogens with zero attached hydrogens (tertiary/aromatic N) is 4. The molecule has 4 nitrogen and oxygen atoms in total. The first kappa shape index (κ1) is 12.6. The molecule has 0 spiro atoms. The quantitative estimate of drug-likeness (QED) is 0.819. The fourth-order valence-electron chi connectivity index (χ4n) is 1.87. The number of nitriles is 2. The first-order valence-corrected chi connectivity index (χ1v) is 5.77. The van der Waals surface area contributed by atoms with Gasteiger partial charge in [-0.25, -0.2) is 4.98 Å². The standard InChI is InChI=1S/C15H12N4/c1-11-7-12(9-16)8-15(18-11)19(2)14-6-4-3-5-13(14)10-17/h3-8H,1-2H3. The number of benzene rings is 1. The van der Waals surface area contributed by atoms with Gasteiger partial charge in [0, 0.05) is 12.7 Å². The first-order chi connectivity index (χ1) is 9.15. The van der Waals surface area contributed by atoms with Crippen LogP contribution in [0.4, 0.5) is 11.5 Å². The van der Waals surface area contributed by atoms with Crippen LogP contribution in [0, 0.1) is 29.6 Å². The van der Waals surface area contributed by atoms with Crippen molar-refractivity contribution in [2.75, 3.05) is 11.9 Å². The molecule has 0 aliphatic carbocycles. The first-order valence-electron chi connectivity index (χ1n) is 5.77. The Hall–Kier alpha value is -2.85. The normalized spacial score (nSPS) is 9.47. The lowest BCUT2D eigenvalue weighted by Gasteiger charge is -2.20. The summed E-state index contributed by atoms with van der Waals surface area (Å²) >= 11 is 0. The van der Waals surface area contributed by atoms with Crippen molar-refractivity contribution in [3.63, 3.8) is 0 Å². The summed E-state index contributed by atoms with van der Waals surface area (Å²) in [5.41, 5.74) is 2.68. The predicted molar refractivity (Wildman–Crippen MR) is 72.9 cm³/mol. The van der Waals surface area contributed by atoms with E-state index >= 15 is 0 Å². The maximum atomic E-state index is 9.12. The van der Waals surface area contributed by atoms with E-state index in [0.717, 1.165) is 11.4 Å². The largest absolute Gasteiger partial charge is 0.328 e. The molecule has 92 valence electrons. The molecule has 0 fully saturated rings. The highest BCUT2D eigenvalue weighted by molar-refractivity contribution is 5.67. The highest BCUT2D eigenvalue weighted by Gasteiger charge is 2.11. The van der Waals surface area contributed by atoms with E-state index in [4.69, 9.17) is 10.5 Å². The molecule has 1 aromatic carbocycles. The van der Waals surface area contributed by atoms with Crippen molar-refractivity contribution >= 4 is 11.5 Å². The van der Waals surface area contributed by atoms with Gasteiger partial charge in [-0.2, -0.15) is 10.5 Å². The maximum absolute atomic E-state index is 9.12. The van der Waals surface area contributed by atoms with Crippen molar-refractivity contribution in [1.29, 1.82) is 10.5 Å². The molecular weight excluding hydrogens is 236 g/mol. The molecule has 0 N–H and O–H groups in total. The zero-order chi connectivity index (χ0) is 13.8. The molecule has 4 heteroatoms. The molecule has 0 saturated heterocycles. The highest BCUT2D eigenvalue weighted by atomic mass is 15.2. The van der Waals surface area contributed by atoms with E-state index in [1.165, 1.54) is 0 Å². The van der Waals surface area contributed by atoms with Crippen molar-refractivity contribution in [2.24, 2.45) is 0 Å². The average Bonchev–Trinajstić information content (AvgIpc) is 2.45. The fourth-order valence-corrected chi connectivity index (χ4v) is 1.87. The van der Waals surface area contributed by atoms with Crippen LogP contribution in [-0.4, -0.2) is 12.0 Å². The zero-order valence-electron chi connectivity index (χ0n) is 10.8. The van der Waals surface area contributed by atoms with Crippen LogP contribution in [0.15, 0.2) is 36.4 Å². The molecule has 2 rings (SSSR count). The Bertz CT molecular complexity index is 692. The second-order valence-electron chi connectivity index (χ2n) is 4.16. The summed E-state index contributed by atoms with van der Waals surface area (Å²) in [6.45, 7) is 1.84. The van der Waals surface area contributed by atoms with Gasteiger partial charge in [-0.05, 0) is 31.2 Å². The van der Waals surface area contributed by atoms with Gasteiger partial charge in [0.15, 0.2) is 0 Å². The highest BCUT2D eigenvalue weighted by Crippen LogP contribution is 2.25. The summed E-state index contributed by atoms with van der Waals surface area (Å²) in [6, 6.07) is 15.0. The minimum atomic E-state index is 0.559. The SMILES string of the molecule is Cc1cc(C#N)cc(N(C)c2ccccc2C#N)n1. The van der Waals surface area contributed by atoms with E-state index in [9.17, 15) is 0 Å². The molecule has 2 aromatic rings. The minimum Gasteiger partial charge on any atom is -0.328 e. The Morgan fingerprint density at radius 3 is 2.53 bits per heavy atom. The van der Waals surface area contributed by atoms with Gasteiger partial charge >= 0.3 is 0 Å². The van der Waals surface area contributed by atoms with Gasteiger partial charge in [-0.15, -0.1) is 0 Å². The molecular formula is C15H12N4. The summed E-state index contributed by atoms with van der Waals surface area (Å²) in [5, 5.41) is 18.1. The van der Waals surface area contributed by atoms with Crippen LogP contribution in [0.5, 0.6) is 0 Å². The van der Waals surface area contributed by atoms with Gasteiger partial charge in [-0.3, -0.25) is 0 Å². The minimum absolute atomic E-state index is 0.559. The van der Waals surface area contributed by atoms with Crippen molar-refractivity contribution in [2.45, 2.75) is 6.92 Å². The molecule has 0 bridgehead atoms. The van der Waals surface area contributed by atoms with E-state index in [1.807, 2.05) is 37.1 Å². The van der Waals surface area contributed by atoms with Gasteiger partial charge in [0.1, 0.15) is 11.9 Å². The van der Waals surface area contributed by atoms with Crippen molar-refractivity contribution in [3.8, 4) is 12.1 Å². The molecule has 0 amide bonds. The van der Waals surface area contributed by atoms with Crippen LogP contribution in [0.1, 0.15) is 16.8 Å². The van der Waals surface area contributed by atoms with E-state index in [0.29, 0.717) is 16.9 Å². The third-order valence-electron chi connectivity index (χ3n) is 2.80. The van der Waals surface area contributed by atoms with Crippen molar-refractivity contribution in [1.82, 2.24) is 4.98 Å². The van der Waals surface area contributed by atoms with E-state index in [-0.39, 0.29) is 0 Å². The summed E-state index contributed by atoms with van der Waals surface area (Å²) in [6.07, 6.45) is 0. The average molecular weight is 248 g/mol. The summed E-state index contributed by atoms with van der Waals surface area (Å²) in [7, 11) is 1.83. The molecule has 0 unspecified atom stereocenters. The number of para-hydroxylation sites is 1. The second kappa shape index (κ2) is 5.20. The molecule has 1 aromatic heterocycles. The zero-order valence-corrected chi connectivity index (χ0v) is 10.8. The molecule has 0 aliphatic rings. The molecule has 1 heterocycles. The monoisotopic (exact) mass is 248 g/mol. The van der Waals surface area contributed by atoms with Gasteiger partial charge in [0.05, 0.1) is 22.9 Å². The lowest BCUT2D eigenvalue weighted by molar-refractivity contribution is 1.08. The van der Waals surface area contributed by atoms with Crippen LogP contribution in [0.25, 0.3) is 0 Å². The van der Waals surface area contributed by atoms with Crippen LogP contribution in [0.2, 0.25) is 0 Å². The lowest BCUT2D eigenvalue weighted by atomic mass is 10.1. The number of pyridine rings is 1. The van der Waals surface area contributed by atoms with E-state index < -0.39 is 0 Å². The van der Waals surface area contributed by atoms with Crippen molar-refractivity contribution < 1.29 is 0 Å². The number of hydrogen-bond donors (Lipinski definition) is 0. The van der Waals surface area contributed by atoms with Gasteiger partial charge < -0.3 is 4.90 Å². The summed E-state index contributed by atoms with van der Waals surface area (Å²) in [4.78, 5) is 6.21. The van der Waals surface area contributed by atoms with Crippen LogP contribution < -0.4 is 4.90 Å². The number of hydrogen-bond acceptors (Lipinski definition) is 4. The van der Waals surface area contributed by atoms with Gasteiger partial charge in [0.2, 0.25) is 0 Å². The third-order valence-corrected chi connectivity index (χ3v) is 2.80. The van der Waals surface area contributed by atoms with Gasteiger partial charge in [0.25, 0.3) is 0 Å². The molecule has 19 heavy (non-hydrogen) atoms. The molecule has 0 saturated carbocycles. The Labute approximate surface area is 112 Å². The summed E-state index contributed by atoms with van der Waals surface area (Å²) in [5.74, 6) is 0.652. The Morgan fingerprint density at radius 1 is 1.11 bits per heavy atom. The predicted octanol–water partition coefficient (Wildman–Crippen LogP) is 2.90. The number of rotatable bonds is 2. The van der Waals surface area contributed by atoms with Gasteiger partial charge in [-0.1, -0.05) is 12.1 Å². The van der Waals surface area contributed by atoms with Crippen LogP contribution in [0.3, 0.4) is 0 Å². The fraction of sp³-hybridized carbons (Fsp3) is 0.133. The van der Waals surface area contributed by atoms with E-state index in [2.05, 4.69) is 17.1 Å². The molecule has 0 radical (unpaired) electrons. The third kappa shape index (κ3) is 2.53.